The SMILES string of the molecule is CN=C(NCCCOC(C)c1ccccc1)NCC(C)N(C)C1CC1.I. The number of ether oxygens (including phenoxy) is 1. The maximum absolute atomic E-state index is 5.90. The molecule has 6 heteroatoms. The van der Waals surface area contributed by atoms with E-state index in [1.807, 2.05) is 25.2 Å². The molecule has 0 bridgehead atoms. The number of benzene rings is 1. The van der Waals surface area contributed by atoms with Gasteiger partial charge >= 0.3 is 0 Å². The third-order valence-corrected chi connectivity index (χ3v) is 4.86. The van der Waals surface area contributed by atoms with Gasteiger partial charge in [-0.25, -0.2) is 0 Å². The zero-order valence-corrected chi connectivity index (χ0v) is 18.9. The van der Waals surface area contributed by atoms with Crippen LogP contribution in [-0.4, -0.2) is 56.7 Å². The quantitative estimate of drug-likeness (QED) is 0.236. The fourth-order valence-electron chi connectivity index (χ4n) is 2.81. The topological polar surface area (TPSA) is 48.9 Å². The van der Waals surface area contributed by atoms with E-state index < -0.39 is 0 Å². The highest BCUT2D eigenvalue weighted by atomic mass is 127. The Hall–Kier alpha value is -0.860. The number of nitrogens with one attached hydrogen (secondary N) is 2. The summed E-state index contributed by atoms with van der Waals surface area (Å²) in [5.41, 5.74) is 1.22. The first-order valence-corrected chi connectivity index (χ1v) is 9.44. The Morgan fingerprint density at radius 2 is 1.92 bits per heavy atom. The van der Waals surface area contributed by atoms with Gasteiger partial charge in [0.1, 0.15) is 0 Å². The van der Waals surface area contributed by atoms with E-state index in [1.165, 1.54) is 18.4 Å². The molecule has 1 saturated carbocycles. The standard InChI is InChI=1S/C20H34N4O.HI/c1-16(24(4)19-11-12-19)15-23-20(21-3)22-13-8-14-25-17(2)18-9-6-5-7-10-18;/h5-7,9-10,16-17,19H,8,11-15H2,1-4H3,(H2,21,22,23);1H. The van der Waals surface area contributed by atoms with Crippen molar-refractivity contribution in [2.45, 2.75) is 51.3 Å². The van der Waals surface area contributed by atoms with Crippen LogP contribution >= 0.6 is 24.0 Å². The summed E-state index contributed by atoms with van der Waals surface area (Å²) in [5.74, 6) is 0.868. The Balaban J connectivity index is 0.00000338. The van der Waals surface area contributed by atoms with Crippen LogP contribution in [0, 0.1) is 0 Å². The summed E-state index contributed by atoms with van der Waals surface area (Å²) in [5, 5.41) is 6.78. The van der Waals surface area contributed by atoms with Gasteiger partial charge in [-0.2, -0.15) is 0 Å². The maximum Gasteiger partial charge on any atom is 0.191 e. The minimum absolute atomic E-state index is 0. The van der Waals surface area contributed by atoms with Crippen LogP contribution in [0.4, 0.5) is 0 Å². The lowest BCUT2D eigenvalue weighted by Crippen LogP contribution is -2.45. The van der Waals surface area contributed by atoms with Crippen molar-refractivity contribution < 1.29 is 4.74 Å². The Bertz CT molecular complexity index is 522. The normalized spacial score (nSPS) is 16.7. The third kappa shape index (κ3) is 8.22. The van der Waals surface area contributed by atoms with Crippen LogP contribution in [0.15, 0.2) is 35.3 Å². The Kier molecular flexibility index (Phi) is 11.2. The average molecular weight is 474 g/mol. The molecule has 0 aliphatic heterocycles. The van der Waals surface area contributed by atoms with Crippen LogP contribution in [0.5, 0.6) is 0 Å². The number of halogens is 1. The number of hydrogen-bond acceptors (Lipinski definition) is 3. The van der Waals surface area contributed by atoms with Gasteiger partial charge in [-0.1, -0.05) is 30.3 Å². The van der Waals surface area contributed by atoms with E-state index in [9.17, 15) is 0 Å². The monoisotopic (exact) mass is 474 g/mol. The van der Waals surface area contributed by atoms with Gasteiger partial charge in [0.2, 0.25) is 0 Å². The molecule has 0 amide bonds. The van der Waals surface area contributed by atoms with E-state index in [-0.39, 0.29) is 30.1 Å². The van der Waals surface area contributed by atoms with Crippen LogP contribution in [0.2, 0.25) is 0 Å². The number of guanidine groups is 1. The summed E-state index contributed by atoms with van der Waals surface area (Å²) < 4.78 is 5.90. The number of likely N-dealkylation sites (N-methyl/N-ethyl adjacent to an activating group) is 1. The lowest BCUT2D eigenvalue weighted by Gasteiger charge is -2.25. The maximum atomic E-state index is 5.90. The van der Waals surface area contributed by atoms with Crippen LogP contribution in [0.3, 0.4) is 0 Å². The van der Waals surface area contributed by atoms with Crippen molar-refractivity contribution in [3.63, 3.8) is 0 Å². The van der Waals surface area contributed by atoms with Crippen molar-refractivity contribution in [1.29, 1.82) is 0 Å². The van der Waals surface area contributed by atoms with Crippen LogP contribution in [0.25, 0.3) is 0 Å². The molecule has 148 valence electrons. The van der Waals surface area contributed by atoms with Crippen molar-refractivity contribution in [3.8, 4) is 0 Å². The summed E-state index contributed by atoms with van der Waals surface area (Å²) in [4.78, 5) is 6.75. The molecule has 1 aliphatic carbocycles. The van der Waals surface area contributed by atoms with Gasteiger partial charge in [0.05, 0.1) is 6.10 Å². The second-order valence-corrected chi connectivity index (χ2v) is 6.90. The fraction of sp³-hybridized carbons (Fsp3) is 0.650. The van der Waals surface area contributed by atoms with Gasteiger partial charge in [0.25, 0.3) is 0 Å². The van der Waals surface area contributed by atoms with E-state index in [0.717, 1.165) is 38.1 Å². The Morgan fingerprint density at radius 3 is 2.54 bits per heavy atom. The summed E-state index contributed by atoms with van der Waals surface area (Å²) in [7, 11) is 4.03. The van der Waals surface area contributed by atoms with E-state index in [2.05, 4.69) is 53.6 Å². The molecular formula is C20H35IN4O. The number of hydrogen-bond donors (Lipinski definition) is 2. The van der Waals surface area contributed by atoms with Gasteiger partial charge in [-0.15, -0.1) is 24.0 Å². The first-order chi connectivity index (χ1) is 12.1. The first-order valence-electron chi connectivity index (χ1n) is 9.44. The molecule has 2 atom stereocenters. The van der Waals surface area contributed by atoms with Crippen LogP contribution < -0.4 is 10.6 Å². The van der Waals surface area contributed by atoms with Crippen LogP contribution in [-0.2, 0) is 4.74 Å². The van der Waals surface area contributed by atoms with E-state index in [0.29, 0.717) is 6.04 Å². The predicted octanol–water partition coefficient (Wildman–Crippen LogP) is 3.42. The van der Waals surface area contributed by atoms with Crippen molar-refractivity contribution in [3.05, 3.63) is 35.9 Å². The van der Waals surface area contributed by atoms with Crippen LogP contribution in [0.1, 0.15) is 44.8 Å². The summed E-state index contributed by atoms with van der Waals surface area (Å²) in [6, 6.07) is 11.6. The highest BCUT2D eigenvalue weighted by Gasteiger charge is 2.28. The molecule has 2 N–H and O–H groups in total. The number of nitrogens with zero attached hydrogens (tertiary/aromatic N) is 2. The first kappa shape index (κ1) is 23.2. The molecule has 0 saturated heterocycles. The zero-order chi connectivity index (χ0) is 18.1. The van der Waals surface area contributed by atoms with Crippen molar-refractivity contribution >= 4 is 29.9 Å². The minimum atomic E-state index is 0. The van der Waals surface area contributed by atoms with E-state index in [1.54, 1.807) is 0 Å². The molecule has 0 radical (unpaired) electrons. The van der Waals surface area contributed by atoms with Crippen molar-refractivity contribution in [2.24, 2.45) is 4.99 Å². The van der Waals surface area contributed by atoms with Gasteiger partial charge in [-0.05, 0) is 45.7 Å². The summed E-state index contributed by atoms with van der Waals surface area (Å²) in [6.45, 7) is 6.86. The fourth-order valence-corrected chi connectivity index (χ4v) is 2.81. The molecule has 0 heterocycles. The van der Waals surface area contributed by atoms with Crippen molar-refractivity contribution in [1.82, 2.24) is 15.5 Å². The molecule has 1 aliphatic rings. The molecule has 5 nitrogen and oxygen atoms in total. The largest absolute Gasteiger partial charge is 0.374 e. The van der Waals surface area contributed by atoms with Gasteiger partial charge < -0.3 is 15.4 Å². The van der Waals surface area contributed by atoms with Gasteiger partial charge in [-0.3, -0.25) is 9.89 Å². The summed E-state index contributed by atoms with van der Waals surface area (Å²) >= 11 is 0. The molecule has 1 aromatic rings. The molecule has 1 fully saturated rings. The highest BCUT2D eigenvalue weighted by molar-refractivity contribution is 14.0. The predicted molar refractivity (Wildman–Crippen MR) is 120 cm³/mol. The molecular weight excluding hydrogens is 439 g/mol. The smallest absolute Gasteiger partial charge is 0.191 e. The molecule has 0 aromatic heterocycles. The van der Waals surface area contributed by atoms with Gasteiger partial charge in [0.15, 0.2) is 5.96 Å². The molecule has 26 heavy (non-hydrogen) atoms. The second-order valence-electron chi connectivity index (χ2n) is 6.90. The molecule has 2 unspecified atom stereocenters. The third-order valence-electron chi connectivity index (χ3n) is 4.86. The summed E-state index contributed by atoms with van der Waals surface area (Å²) in [6.07, 6.45) is 3.78. The molecule has 2 rings (SSSR count). The highest BCUT2D eigenvalue weighted by Crippen LogP contribution is 2.26. The van der Waals surface area contributed by atoms with E-state index >= 15 is 0 Å². The lowest BCUT2D eigenvalue weighted by atomic mass is 10.1. The van der Waals surface area contributed by atoms with E-state index in [4.69, 9.17) is 4.74 Å². The Labute approximate surface area is 176 Å². The van der Waals surface area contributed by atoms with Gasteiger partial charge in [0, 0.05) is 38.8 Å². The second kappa shape index (κ2) is 12.5. The molecule has 0 spiro atoms. The van der Waals surface area contributed by atoms with Crippen molar-refractivity contribution in [2.75, 3.05) is 33.8 Å². The zero-order valence-electron chi connectivity index (χ0n) is 16.6. The molecule has 1 aromatic carbocycles. The number of rotatable bonds is 10. The number of aliphatic imine (C=N–C) groups is 1. The average Bonchev–Trinajstić information content (AvgIpc) is 3.48. The minimum Gasteiger partial charge on any atom is -0.374 e. The lowest BCUT2D eigenvalue weighted by molar-refractivity contribution is 0.0646. The Morgan fingerprint density at radius 1 is 1.23 bits per heavy atom.